The summed E-state index contributed by atoms with van der Waals surface area (Å²) >= 11 is 0. The van der Waals surface area contributed by atoms with E-state index in [-0.39, 0.29) is 0 Å². The molecule has 7 heteroatoms. The maximum Gasteiger partial charge on any atom is 0.262 e. The van der Waals surface area contributed by atoms with Crippen LogP contribution in [0.1, 0.15) is 0 Å². The Bertz CT molecular complexity index is 318. The van der Waals surface area contributed by atoms with Gasteiger partial charge >= 0.3 is 0 Å². The van der Waals surface area contributed by atoms with Gasteiger partial charge in [0.1, 0.15) is 6.67 Å². The summed E-state index contributed by atoms with van der Waals surface area (Å²) in [4.78, 5) is 11.5. The van der Waals surface area contributed by atoms with E-state index < -0.39 is 42.5 Å². The van der Waals surface area contributed by atoms with E-state index in [1.165, 1.54) is 0 Å². The molecule has 1 amide bonds. The lowest BCUT2D eigenvalue weighted by atomic mass is 10.0. The van der Waals surface area contributed by atoms with Crippen molar-refractivity contribution in [3.8, 4) is 0 Å². The van der Waals surface area contributed by atoms with Gasteiger partial charge in [0.05, 0.1) is 5.57 Å². The van der Waals surface area contributed by atoms with Crippen molar-refractivity contribution in [1.29, 1.82) is 0 Å². The Morgan fingerprint density at radius 2 is 2.20 bits per heavy atom. The third kappa shape index (κ3) is 1.71. The Kier molecular flexibility index (Phi) is 3.03. The molecule has 1 atom stereocenters. The molecule has 0 aromatic rings. The van der Waals surface area contributed by atoms with Crippen LogP contribution < -0.4 is 5.73 Å². The van der Waals surface area contributed by atoms with Gasteiger partial charge in [0, 0.05) is 12.1 Å². The molecular formula is C8H10F4N2O. The van der Waals surface area contributed by atoms with E-state index in [0.29, 0.717) is 4.90 Å². The first-order valence-electron chi connectivity index (χ1n) is 4.12. The summed E-state index contributed by atoms with van der Waals surface area (Å²) in [5, 5.41) is 0. The topological polar surface area (TPSA) is 46.3 Å². The highest BCUT2D eigenvalue weighted by molar-refractivity contribution is 5.95. The Labute approximate surface area is 83.5 Å². The highest BCUT2D eigenvalue weighted by atomic mass is 19.3. The first-order valence-corrected chi connectivity index (χ1v) is 4.12. The predicted molar refractivity (Wildman–Crippen MR) is 44.7 cm³/mol. The van der Waals surface area contributed by atoms with Crippen LogP contribution in [-0.2, 0) is 4.79 Å². The molecule has 0 aromatic carbocycles. The number of primary amides is 1. The minimum atomic E-state index is -3.01. The van der Waals surface area contributed by atoms with Crippen molar-refractivity contribution in [1.82, 2.24) is 4.90 Å². The van der Waals surface area contributed by atoms with Crippen molar-refractivity contribution in [2.24, 2.45) is 5.73 Å². The predicted octanol–water partition coefficient (Wildman–Crippen LogP) is 0.614. The van der Waals surface area contributed by atoms with Crippen LogP contribution in [0.2, 0.25) is 0 Å². The SMILES string of the molecule is CN1CC(C(F)F)=C(C(N)=O)C1(F)CF. The fourth-order valence-corrected chi connectivity index (χ4v) is 1.59. The number of nitrogens with two attached hydrogens (primary N) is 1. The molecule has 0 saturated carbocycles. The molecule has 1 rings (SSSR count). The molecule has 0 bridgehead atoms. The number of nitrogens with zero attached hydrogens (tertiary/aromatic N) is 1. The second kappa shape index (κ2) is 3.80. The van der Waals surface area contributed by atoms with Gasteiger partial charge in [-0.05, 0) is 7.05 Å². The van der Waals surface area contributed by atoms with Crippen LogP contribution in [0.5, 0.6) is 0 Å². The fraction of sp³-hybridized carbons (Fsp3) is 0.625. The number of rotatable bonds is 3. The van der Waals surface area contributed by atoms with Crippen LogP contribution in [0, 0.1) is 0 Å². The molecule has 86 valence electrons. The number of alkyl halides is 4. The maximum atomic E-state index is 13.8. The zero-order chi connectivity index (χ0) is 11.8. The highest BCUT2D eigenvalue weighted by Crippen LogP contribution is 2.37. The van der Waals surface area contributed by atoms with E-state index in [4.69, 9.17) is 5.73 Å². The molecule has 1 aliphatic rings. The smallest absolute Gasteiger partial charge is 0.262 e. The molecule has 1 unspecified atom stereocenters. The number of hydrogen-bond acceptors (Lipinski definition) is 2. The van der Waals surface area contributed by atoms with Gasteiger partial charge in [0.2, 0.25) is 11.7 Å². The van der Waals surface area contributed by atoms with E-state index in [2.05, 4.69) is 0 Å². The standard InChI is InChI=1S/C8H10F4N2O/c1-14-2-4(6(10)11)5(7(13)15)8(14,12)3-9/h6H,2-3H2,1H3,(H2,13,15). The van der Waals surface area contributed by atoms with E-state index >= 15 is 0 Å². The minimum absolute atomic E-state index is 0.504. The molecule has 1 heterocycles. The molecule has 2 N–H and O–H groups in total. The first-order chi connectivity index (χ1) is 6.84. The minimum Gasteiger partial charge on any atom is -0.366 e. The quantitative estimate of drug-likeness (QED) is 0.566. The zero-order valence-corrected chi connectivity index (χ0v) is 7.94. The third-order valence-electron chi connectivity index (χ3n) is 2.40. The first kappa shape index (κ1) is 12.0. The Morgan fingerprint density at radius 1 is 1.67 bits per heavy atom. The Balaban J connectivity index is 3.25. The van der Waals surface area contributed by atoms with Gasteiger partial charge in [-0.2, -0.15) is 0 Å². The molecule has 1 aliphatic heterocycles. The van der Waals surface area contributed by atoms with Crippen molar-refractivity contribution >= 4 is 5.91 Å². The summed E-state index contributed by atoms with van der Waals surface area (Å²) in [7, 11) is 1.11. The van der Waals surface area contributed by atoms with Crippen LogP contribution in [0.3, 0.4) is 0 Å². The molecule has 0 radical (unpaired) electrons. The molecule has 0 aliphatic carbocycles. The number of halogens is 4. The van der Waals surface area contributed by atoms with Gasteiger partial charge in [0.25, 0.3) is 6.43 Å². The number of amides is 1. The van der Waals surface area contributed by atoms with Gasteiger partial charge in [-0.3, -0.25) is 9.69 Å². The number of likely N-dealkylation sites (N-methyl/N-ethyl adjacent to an activating group) is 1. The van der Waals surface area contributed by atoms with Gasteiger partial charge in [0.15, 0.2) is 0 Å². The molecule has 0 fully saturated rings. The number of carbonyl (C=O) groups excluding carboxylic acids is 1. The van der Waals surface area contributed by atoms with Crippen molar-refractivity contribution in [2.45, 2.75) is 12.2 Å². The summed E-state index contributed by atoms with van der Waals surface area (Å²) in [6.45, 7) is -2.09. The maximum absolute atomic E-state index is 13.8. The highest BCUT2D eigenvalue weighted by Gasteiger charge is 2.50. The molecular weight excluding hydrogens is 216 g/mol. The largest absolute Gasteiger partial charge is 0.366 e. The van der Waals surface area contributed by atoms with Crippen molar-refractivity contribution in [2.75, 3.05) is 20.3 Å². The second-order valence-corrected chi connectivity index (χ2v) is 3.31. The second-order valence-electron chi connectivity index (χ2n) is 3.31. The van der Waals surface area contributed by atoms with Gasteiger partial charge in [-0.15, -0.1) is 0 Å². The summed E-state index contributed by atoms with van der Waals surface area (Å²) in [6, 6.07) is 0. The summed E-state index contributed by atoms with van der Waals surface area (Å²) in [6.07, 6.45) is -3.01. The summed E-state index contributed by atoms with van der Waals surface area (Å²) in [5.41, 5.74) is 3.07. The fourth-order valence-electron chi connectivity index (χ4n) is 1.59. The van der Waals surface area contributed by atoms with Crippen LogP contribution >= 0.6 is 0 Å². The molecule has 3 nitrogen and oxygen atoms in total. The zero-order valence-electron chi connectivity index (χ0n) is 7.94. The van der Waals surface area contributed by atoms with Crippen LogP contribution in [0.15, 0.2) is 11.1 Å². The summed E-state index contributed by atoms with van der Waals surface area (Å²) < 4.78 is 51.1. The normalized spacial score (nSPS) is 27.9. The lowest BCUT2D eigenvalue weighted by Crippen LogP contribution is -2.45. The Hall–Kier alpha value is -1.11. The Morgan fingerprint density at radius 3 is 2.53 bits per heavy atom. The van der Waals surface area contributed by atoms with E-state index in [1.54, 1.807) is 0 Å². The number of carbonyl (C=O) groups is 1. The van der Waals surface area contributed by atoms with Crippen molar-refractivity contribution < 1.29 is 22.4 Å². The molecule has 0 saturated heterocycles. The van der Waals surface area contributed by atoms with Crippen LogP contribution in [0.25, 0.3) is 0 Å². The van der Waals surface area contributed by atoms with E-state index in [0.717, 1.165) is 7.05 Å². The average Bonchev–Trinajstić information content (AvgIpc) is 2.40. The van der Waals surface area contributed by atoms with E-state index in [1.807, 2.05) is 0 Å². The monoisotopic (exact) mass is 226 g/mol. The molecule has 0 aromatic heterocycles. The molecule has 0 spiro atoms. The van der Waals surface area contributed by atoms with Gasteiger partial charge < -0.3 is 5.73 Å². The lowest BCUT2D eigenvalue weighted by Gasteiger charge is -2.26. The van der Waals surface area contributed by atoms with Crippen LogP contribution in [-0.4, -0.2) is 43.3 Å². The lowest BCUT2D eigenvalue weighted by molar-refractivity contribution is -0.117. The summed E-state index contributed by atoms with van der Waals surface area (Å²) in [5.74, 6) is -4.17. The van der Waals surface area contributed by atoms with Crippen LogP contribution in [0.4, 0.5) is 17.6 Å². The van der Waals surface area contributed by atoms with Gasteiger partial charge in [-0.25, -0.2) is 17.6 Å². The molecule has 15 heavy (non-hydrogen) atoms. The van der Waals surface area contributed by atoms with Gasteiger partial charge in [-0.1, -0.05) is 0 Å². The average molecular weight is 226 g/mol. The van der Waals surface area contributed by atoms with E-state index in [9.17, 15) is 22.4 Å². The third-order valence-corrected chi connectivity index (χ3v) is 2.40. The van der Waals surface area contributed by atoms with Crippen molar-refractivity contribution in [3.05, 3.63) is 11.1 Å². The van der Waals surface area contributed by atoms with Crippen molar-refractivity contribution in [3.63, 3.8) is 0 Å². The number of hydrogen-bond donors (Lipinski definition) is 1.